The molecule has 0 spiro atoms. The molecule has 0 aliphatic heterocycles. The van der Waals surface area contributed by atoms with Gasteiger partial charge in [0.15, 0.2) is 0 Å². The van der Waals surface area contributed by atoms with Crippen molar-refractivity contribution in [3.8, 4) is 0 Å². The summed E-state index contributed by atoms with van der Waals surface area (Å²) >= 11 is 0. The molecule has 6 heteroatoms. The number of allylic oxidation sites excluding steroid dienone is 1. The number of benzene rings is 1. The normalized spacial score (nSPS) is 13.5. The third-order valence-electron chi connectivity index (χ3n) is 4.25. The topological polar surface area (TPSA) is 63.7 Å². The van der Waals surface area contributed by atoms with E-state index in [0.29, 0.717) is 12.8 Å². The third kappa shape index (κ3) is 7.30. The molecule has 0 saturated carbocycles. The maximum absolute atomic E-state index is 13.3. The van der Waals surface area contributed by atoms with Gasteiger partial charge in [0.1, 0.15) is 5.60 Å². The van der Waals surface area contributed by atoms with Gasteiger partial charge in [-0.05, 0) is 59.1 Å². The van der Waals surface area contributed by atoms with Crippen LogP contribution in [0.2, 0.25) is 0 Å². The second kappa shape index (κ2) is 10.6. The van der Waals surface area contributed by atoms with E-state index < -0.39 is 27.8 Å². The molecule has 0 heterocycles. The van der Waals surface area contributed by atoms with E-state index in [1.807, 2.05) is 19.9 Å². The number of sulfonamides is 1. The zero-order chi connectivity index (χ0) is 21.4. The molecule has 1 amide bonds. The molecule has 1 atom stereocenters. The summed E-state index contributed by atoms with van der Waals surface area (Å²) in [7, 11) is -4.02. The molecule has 5 nitrogen and oxygen atoms in total. The lowest BCUT2D eigenvalue weighted by atomic mass is 10.1. The lowest BCUT2D eigenvalue weighted by Crippen LogP contribution is -2.46. The van der Waals surface area contributed by atoms with Crippen LogP contribution in [0.15, 0.2) is 41.3 Å². The summed E-state index contributed by atoms with van der Waals surface area (Å²) in [6, 6.07) is 6.02. The molecule has 158 valence electrons. The average molecular weight is 410 g/mol. The van der Waals surface area contributed by atoms with Gasteiger partial charge in [-0.25, -0.2) is 13.2 Å². The van der Waals surface area contributed by atoms with Gasteiger partial charge < -0.3 is 4.74 Å². The number of carbonyl (C=O) groups is 1. The van der Waals surface area contributed by atoms with E-state index in [1.165, 1.54) is 12.1 Å². The minimum atomic E-state index is -4.02. The Labute approximate surface area is 170 Å². The molecular formula is C22H35NO4S. The molecular weight excluding hydrogens is 374 g/mol. The Morgan fingerprint density at radius 2 is 1.75 bits per heavy atom. The first-order valence-corrected chi connectivity index (χ1v) is 11.5. The summed E-state index contributed by atoms with van der Waals surface area (Å²) in [5, 5.41) is 0. The fourth-order valence-corrected chi connectivity index (χ4v) is 4.26. The Kier molecular flexibility index (Phi) is 9.21. The SMILES string of the molecule is CCCC/C=C/CC(CC)N(C(=O)OC(C)(C)C)S(=O)(=O)c1ccc(C)cc1. The number of nitrogens with zero attached hydrogens (tertiary/aromatic N) is 1. The second-order valence-electron chi connectivity index (χ2n) is 8.01. The van der Waals surface area contributed by atoms with Crippen molar-refractivity contribution in [2.75, 3.05) is 0 Å². The van der Waals surface area contributed by atoms with Crippen LogP contribution in [0.3, 0.4) is 0 Å². The number of carbonyl (C=O) groups excluding carboxylic acids is 1. The minimum absolute atomic E-state index is 0.0948. The van der Waals surface area contributed by atoms with Crippen molar-refractivity contribution in [1.82, 2.24) is 4.31 Å². The first-order valence-electron chi connectivity index (χ1n) is 10.0. The molecule has 0 aromatic heterocycles. The van der Waals surface area contributed by atoms with Gasteiger partial charge in [-0.15, -0.1) is 0 Å². The summed E-state index contributed by atoms with van der Waals surface area (Å²) in [6.07, 6.45) is 7.29. The molecule has 1 rings (SSSR count). The van der Waals surface area contributed by atoms with Gasteiger partial charge in [0, 0.05) is 0 Å². The van der Waals surface area contributed by atoms with Gasteiger partial charge in [-0.1, -0.05) is 56.5 Å². The summed E-state index contributed by atoms with van der Waals surface area (Å²) in [6.45, 7) is 11.1. The molecule has 1 aromatic carbocycles. The lowest BCUT2D eigenvalue weighted by molar-refractivity contribution is 0.0336. The largest absolute Gasteiger partial charge is 0.443 e. The number of hydrogen-bond acceptors (Lipinski definition) is 4. The number of hydrogen-bond donors (Lipinski definition) is 0. The molecule has 1 aromatic rings. The Morgan fingerprint density at radius 3 is 2.25 bits per heavy atom. The lowest BCUT2D eigenvalue weighted by Gasteiger charge is -2.32. The summed E-state index contributed by atoms with van der Waals surface area (Å²) in [5.41, 5.74) is 0.168. The van der Waals surface area contributed by atoms with Crippen LogP contribution in [-0.2, 0) is 14.8 Å². The van der Waals surface area contributed by atoms with Crippen molar-refractivity contribution >= 4 is 16.1 Å². The minimum Gasteiger partial charge on any atom is -0.443 e. The predicted octanol–water partition coefficient (Wildman–Crippen LogP) is 5.84. The van der Waals surface area contributed by atoms with Crippen LogP contribution < -0.4 is 0 Å². The van der Waals surface area contributed by atoms with Gasteiger partial charge in [-0.3, -0.25) is 0 Å². The molecule has 1 unspecified atom stereocenters. The average Bonchev–Trinajstić information content (AvgIpc) is 2.59. The Bertz CT molecular complexity index is 746. The smallest absolute Gasteiger partial charge is 0.424 e. The number of ether oxygens (including phenoxy) is 1. The summed E-state index contributed by atoms with van der Waals surface area (Å²) in [4.78, 5) is 13.0. The van der Waals surface area contributed by atoms with Gasteiger partial charge in [0.05, 0.1) is 10.9 Å². The summed E-state index contributed by atoms with van der Waals surface area (Å²) in [5.74, 6) is 0. The zero-order valence-corrected chi connectivity index (χ0v) is 18.9. The van der Waals surface area contributed by atoms with E-state index in [-0.39, 0.29) is 4.90 Å². The molecule has 0 bridgehead atoms. The van der Waals surface area contributed by atoms with Crippen LogP contribution in [0.5, 0.6) is 0 Å². The summed E-state index contributed by atoms with van der Waals surface area (Å²) < 4.78 is 33.0. The molecule has 28 heavy (non-hydrogen) atoms. The highest BCUT2D eigenvalue weighted by Gasteiger charge is 2.37. The quantitative estimate of drug-likeness (QED) is 0.380. The van der Waals surface area contributed by atoms with Crippen molar-refractivity contribution in [3.05, 3.63) is 42.0 Å². The van der Waals surface area contributed by atoms with E-state index in [0.717, 1.165) is 29.1 Å². The Hall–Kier alpha value is -1.82. The van der Waals surface area contributed by atoms with Gasteiger partial charge in [0.2, 0.25) is 0 Å². The van der Waals surface area contributed by atoms with Gasteiger partial charge >= 0.3 is 6.09 Å². The third-order valence-corrected chi connectivity index (χ3v) is 6.09. The highest BCUT2D eigenvalue weighted by Crippen LogP contribution is 2.25. The van der Waals surface area contributed by atoms with E-state index in [1.54, 1.807) is 32.9 Å². The fraction of sp³-hybridized carbons (Fsp3) is 0.591. The number of unbranched alkanes of at least 4 members (excludes halogenated alkanes) is 2. The first-order chi connectivity index (χ1) is 13.0. The molecule has 0 fully saturated rings. The molecule has 0 saturated heterocycles. The van der Waals surface area contributed by atoms with Gasteiger partial charge in [0.25, 0.3) is 10.0 Å². The van der Waals surface area contributed by atoms with Crippen molar-refractivity contribution < 1.29 is 17.9 Å². The highest BCUT2D eigenvalue weighted by molar-refractivity contribution is 7.89. The van der Waals surface area contributed by atoms with Crippen molar-refractivity contribution in [3.63, 3.8) is 0 Å². The van der Waals surface area contributed by atoms with E-state index in [9.17, 15) is 13.2 Å². The zero-order valence-electron chi connectivity index (χ0n) is 18.1. The Morgan fingerprint density at radius 1 is 1.14 bits per heavy atom. The molecule has 0 aliphatic rings. The van der Waals surface area contributed by atoms with Crippen molar-refractivity contribution in [2.24, 2.45) is 0 Å². The number of aryl methyl sites for hydroxylation is 1. The number of rotatable bonds is 9. The number of amides is 1. The van der Waals surface area contributed by atoms with E-state index in [2.05, 4.69) is 13.0 Å². The fourth-order valence-electron chi connectivity index (χ4n) is 2.70. The van der Waals surface area contributed by atoms with Crippen LogP contribution >= 0.6 is 0 Å². The predicted molar refractivity (Wildman–Crippen MR) is 114 cm³/mol. The van der Waals surface area contributed by atoms with Crippen LogP contribution in [0.4, 0.5) is 4.79 Å². The monoisotopic (exact) mass is 409 g/mol. The van der Waals surface area contributed by atoms with E-state index >= 15 is 0 Å². The van der Waals surface area contributed by atoms with Crippen LogP contribution in [0.1, 0.15) is 72.3 Å². The van der Waals surface area contributed by atoms with Gasteiger partial charge in [-0.2, -0.15) is 4.31 Å². The maximum atomic E-state index is 13.3. The van der Waals surface area contributed by atoms with Crippen LogP contribution in [0.25, 0.3) is 0 Å². The first kappa shape index (κ1) is 24.2. The molecule has 0 N–H and O–H groups in total. The second-order valence-corrected chi connectivity index (χ2v) is 9.82. The highest BCUT2D eigenvalue weighted by atomic mass is 32.2. The standard InChI is InChI=1S/C22H35NO4S/c1-7-9-10-11-12-13-19(8-2)23(21(24)27-22(4,5)6)28(25,26)20-16-14-18(3)15-17-20/h11-12,14-17,19H,7-10,13H2,1-6H3/b12-11+. The van der Waals surface area contributed by atoms with Crippen molar-refractivity contribution in [1.29, 1.82) is 0 Å². The Balaban J connectivity index is 3.24. The van der Waals surface area contributed by atoms with E-state index in [4.69, 9.17) is 4.74 Å². The van der Waals surface area contributed by atoms with Crippen LogP contribution in [0, 0.1) is 6.92 Å². The maximum Gasteiger partial charge on any atom is 0.424 e. The van der Waals surface area contributed by atoms with Crippen molar-refractivity contribution in [2.45, 2.75) is 90.2 Å². The molecule has 0 radical (unpaired) electrons. The molecule has 0 aliphatic carbocycles. The van der Waals surface area contributed by atoms with Crippen LogP contribution in [-0.4, -0.2) is 30.5 Å².